The van der Waals surface area contributed by atoms with Crippen LogP contribution in [-0.2, 0) is 16.1 Å². The van der Waals surface area contributed by atoms with Crippen molar-refractivity contribution in [1.29, 1.82) is 0 Å². The van der Waals surface area contributed by atoms with E-state index < -0.39 is 0 Å². The van der Waals surface area contributed by atoms with Gasteiger partial charge in [0, 0.05) is 45.8 Å². The monoisotopic (exact) mass is 336 g/mol. The Morgan fingerprint density at radius 3 is 2.38 bits per heavy atom. The van der Waals surface area contributed by atoms with Crippen LogP contribution in [0.1, 0.15) is 13.8 Å². The highest BCUT2D eigenvalue weighted by Crippen LogP contribution is 2.11. The molecule has 1 aromatic heterocycles. The summed E-state index contributed by atoms with van der Waals surface area (Å²) in [6, 6.07) is 0. The number of nitrogens with zero attached hydrogens (tertiary/aromatic N) is 6. The van der Waals surface area contributed by atoms with Gasteiger partial charge < -0.3 is 9.64 Å². The number of carbonyl (C=O) groups excluding carboxylic acids is 1. The maximum Gasteiger partial charge on any atom is 0.236 e. The first-order chi connectivity index (χ1) is 11.6. The Morgan fingerprint density at radius 2 is 1.75 bits per heavy atom. The third kappa shape index (κ3) is 4.75. The Hall–Kier alpha value is -1.51. The van der Waals surface area contributed by atoms with E-state index >= 15 is 0 Å². The molecule has 0 radical (unpaired) electrons. The largest absolute Gasteiger partial charge is 0.372 e. The van der Waals surface area contributed by atoms with Gasteiger partial charge in [0.05, 0.1) is 25.3 Å². The van der Waals surface area contributed by atoms with Crippen molar-refractivity contribution in [1.82, 2.24) is 29.5 Å². The molecule has 0 bridgehead atoms. The van der Waals surface area contributed by atoms with Crippen LogP contribution in [0.4, 0.5) is 0 Å². The van der Waals surface area contributed by atoms with E-state index in [2.05, 4.69) is 19.9 Å². The number of carbonyl (C=O) groups is 1. The lowest BCUT2D eigenvalue weighted by atomic mass is 10.2. The first-order valence-corrected chi connectivity index (χ1v) is 8.80. The normalized spacial score (nSPS) is 26.7. The van der Waals surface area contributed by atoms with Crippen molar-refractivity contribution in [3.05, 3.63) is 12.7 Å². The Bertz CT molecular complexity index is 505. The minimum Gasteiger partial charge on any atom is -0.372 e. The number of piperazine rings is 1. The highest BCUT2D eigenvalue weighted by atomic mass is 16.5. The minimum atomic E-state index is 0.131. The number of amides is 1. The lowest BCUT2D eigenvalue weighted by Crippen LogP contribution is -2.54. The Kier molecular flexibility index (Phi) is 5.80. The summed E-state index contributed by atoms with van der Waals surface area (Å²) in [5.41, 5.74) is 0. The maximum absolute atomic E-state index is 12.5. The zero-order valence-corrected chi connectivity index (χ0v) is 14.7. The fourth-order valence-electron chi connectivity index (χ4n) is 3.44. The molecule has 8 nitrogen and oxygen atoms in total. The van der Waals surface area contributed by atoms with E-state index in [1.807, 2.05) is 23.4 Å². The van der Waals surface area contributed by atoms with Gasteiger partial charge in [0.15, 0.2) is 0 Å². The number of morpholine rings is 1. The molecule has 0 saturated carbocycles. The fourth-order valence-corrected chi connectivity index (χ4v) is 3.44. The quantitative estimate of drug-likeness (QED) is 0.724. The number of rotatable bonds is 5. The molecule has 0 unspecified atom stereocenters. The predicted molar refractivity (Wildman–Crippen MR) is 89.5 cm³/mol. The van der Waals surface area contributed by atoms with Crippen LogP contribution in [0.5, 0.6) is 0 Å². The van der Waals surface area contributed by atoms with Crippen molar-refractivity contribution in [2.24, 2.45) is 0 Å². The summed E-state index contributed by atoms with van der Waals surface area (Å²) in [5, 5.41) is 4.13. The van der Waals surface area contributed by atoms with Gasteiger partial charge in [-0.05, 0) is 13.8 Å². The second-order valence-corrected chi connectivity index (χ2v) is 6.83. The molecule has 2 saturated heterocycles. The van der Waals surface area contributed by atoms with Crippen LogP contribution < -0.4 is 0 Å². The van der Waals surface area contributed by atoms with Gasteiger partial charge in [-0.3, -0.25) is 19.3 Å². The molecule has 1 amide bonds. The molecule has 3 heterocycles. The van der Waals surface area contributed by atoms with E-state index in [4.69, 9.17) is 4.74 Å². The van der Waals surface area contributed by atoms with Crippen LogP contribution in [0.2, 0.25) is 0 Å². The summed E-state index contributed by atoms with van der Waals surface area (Å²) >= 11 is 0. The van der Waals surface area contributed by atoms with Gasteiger partial charge in [0.1, 0.15) is 12.7 Å². The lowest BCUT2D eigenvalue weighted by molar-refractivity contribution is -0.144. The van der Waals surface area contributed by atoms with Crippen LogP contribution in [-0.4, -0.2) is 99.9 Å². The van der Waals surface area contributed by atoms with Crippen molar-refractivity contribution in [3.8, 4) is 0 Å². The van der Waals surface area contributed by atoms with Gasteiger partial charge in [-0.1, -0.05) is 0 Å². The molecule has 2 aliphatic heterocycles. The molecular formula is C16H28N6O2. The van der Waals surface area contributed by atoms with Gasteiger partial charge in [0.2, 0.25) is 5.91 Å². The molecule has 3 rings (SSSR count). The molecule has 0 aromatic carbocycles. The Labute approximate surface area is 143 Å². The van der Waals surface area contributed by atoms with Crippen LogP contribution in [0.15, 0.2) is 12.7 Å². The van der Waals surface area contributed by atoms with E-state index in [0.717, 1.165) is 39.3 Å². The highest BCUT2D eigenvalue weighted by Gasteiger charge is 2.27. The van der Waals surface area contributed by atoms with Crippen LogP contribution in [0.25, 0.3) is 0 Å². The standard InChI is InChI=1S/C16H28N6O2/c1-14-9-21(10-15(2)24-14)16(23)11-20-5-3-19(4-6-20)7-8-22-13-17-12-18-22/h12-15H,3-11H2,1-2H3/t14-,15+. The second-order valence-electron chi connectivity index (χ2n) is 6.83. The van der Waals surface area contributed by atoms with Crippen molar-refractivity contribution in [2.45, 2.75) is 32.6 Å². The van der Waals surface area contributed by atoms with Crippen LogP contribution in [0.3, 0.4) is 0 Å². The first-order valence-electron chi connectivity index (χ1n) is 8.80. The molecule has 134 valence electrons. The number of hydrogen-bond donors (Lipinski definition) is 0. The summed E-state index contributed by atoms with van der Waals surface area (Å²) in [6.07, 6.45) is 3.58. The molecule has 24 heavy (non-hydrogen) atoms. The van der Waals surface area contributed by atoms with E-state index in [1.165, 1.54) is 0 Å². The topological polar surface area (TPSA) is 66.7 Å². The first kappa shape index (κ1) is 17.3. The maximum atomic E-state index is 12.5. The number of hydrogen-bond acceptors (Lipinski definition) is 6. The fraction of sp³-hybridized carbons (Fsp3) is 0.812. The van der Waals surface area contributed by atoms with Crippen molar-refractivity contribution in [3.63, 3.8) is 0 Å². The van der Waals surface area contributed by atoms with E-state index in [9.17, 15) is 4.79 Å². The summed E-state index contributed by atoms with van der Waals surface area (Å²) < 4.78 is 7.56. The van der Waals surface area contributed by atoms with Crippen LogP contribution in [0, 0.1) is 0 Å². The molecule has 0 aliphatic carbocycles. The predicted octanol–water partition coefficient (Wildman–Crippen LogP) is -0.468. The van der Waals surface area contributed by atoms with Crippen molar-refractivity contribution in [2.75, 3.05) is 52.4 Å². The van der Waals surface area contributed by atoms with Gasteiger partial charge in [-0.2, -0.15) is 5.10 Å². The number of ether oxygens (including phenoxy) is 1. The smallest absolute Gasteiger partial charge is 0.236 e. The molecule has 0 spiro atoms. The zero-order valence-electron chi connectivity index (χ0n) is 14.7. The Morgan fingerprint density at radius 1 is 1.08 bits per heavy atom. The lowest BCUT2D eigenvalue weighted by Gasteiger charge is -2.38. The third-order valence-electron chi connectivity index (χ3n) is 4.71. The van der Waals surface area contributed by atoms with Crippen molar-refractivity contribution < 1.29 is 9.53 Å². The molecular weight excluding hydrogens is 308 g/mol. The number of aromatic nitrogens is 3. The SMILES string of the molecule is C[C@@H]1CN(C(=O)CN2CCN(CCn3cncn3)CC2)C[C@H](C)O1. The van der Waals surface area contributed by atoms with E-state index in [0.29, 0.717) is 19.6 Å². The second kappa shape index (κ2) is 8.04. The van der Waals surface area contributed by atoms with E-state index in [1.54, 1.807) is 12.7 Å². The molecule has 1 aromatic rings. The molecule has 8 heteroatoms. The van der Waals surface area contributed by atoms with E-state index in [-0.39, 0.29) is 18.1 Å². The summed E-state index contributed by atoms with van der Waals surface area (Å²) in [4.78, 5) is 23.1. The summed E-state index contributed by atoms with van der Waals surface area (Å²) in [5.74, 6) is 0.230. The molecule has 2 aliphatic rings. The molecule has 2 fully saturated rings. The Balaban J connectivity index is 1.38. The summed E-state index contributed by atoms with van der Waals surface area (Å²) in [7, 11) is 0. The molecule has 0 N–H and O–H groups in total. The average molecular weight is 336 g/mol. The average Bonchev–Trinajstić information content (AvgIpc) is 3.07. The van der Waals surface area contributed by atoms with Gasteiger partial charge in [-0.15, -0.1) is 0 Å². The third-order valence-corrected chi connectivity index (χ3v) is 4.71. The highest BCUT2D eigenvalue weighted by molar-refractivity contribution is 5.78. The minimum absolute atomic E-state index is 0.131. The van der Waals surface area contributed by atoms with Crippen molar-refractivity contribution >= 4 is 5.91 Å². The zero-order chi connectivity index (χ0) is 16.9. The van der Waals surface area contributed by atoms with Gasteiger partial charge in [0.25, 0.3) is 0 Å². The molecule has 2 atom stereocenters. The van der Waals surface area contributed by atoms with Gasteiger partial charge in [-0.25, -0.2) is 4.98 Å². The summed E-state index contributed by atoms with van der Waals surface area (Å²) in [6.45, 7) is 11.7. The van der Waals surface area contributed by atoms with Gasteiger partial charge >= 0.3 is 0 Å². The van der Waals surface area contributed by atoms with Crippen LogP contribution >= 0.6 is 0 Å².